The minimum absolute atomic E-state index is 0.621. The van der Waals surface area contributed by atoms with Crippen molar-refractivity contribution in [1.29, 1.82) is 0 Å². The highest BCUT2D eigenvalue weighted by atomic mass is 79.9. The summed E-state index contributed by atoms with van der Waals surface area (Å²) in [6.07, 6.45) is 3.60. The lowest BCUT2D eigenvalue weighted by atomic mass is 10.2. The molecule has 0 atom stereocenters. The number of nitrogens with one attached hydrogen (secondary N) is 2. The molecule has 0 aliphatic carbocycles. The number of nitrogens with zero attached hydrogens (tertiary/aromatic N) is 3. The van der Waals surface area contributed by atoms with Crippen molar-refractivity contribution < 1.29 is 0 Å². The molecule has 100 valence electrons. The molecule has 0 amide bonds. The Kier molecular flexibility index (Phi) is 4.68. The number of hydrogen-bond donors (Lipinski definition) is 2. The minimum Gasteiger partial charge on any atom is -0.365 e. The smallest absolute Gasteiger partial charge is 0.224 e. The Morgan fingerprint density at radius 2 is 2.00 bits per heavy atom. The van der Waals surface area contributed by atoms with E-state index in [-0.39, 0.29) is 0 Å². The molecule has 2 heterocycles. The Morgan fingerprint density at radius 3 is 2.68 bits per heavy atom. The number of halogens is 1. The molecule has 2 aromatic heterocycles. The fourth-order valence-electron chi connectivity index (χ4n) is 1.52. The highest BCUT2D eigenvalue weighted by Crippen LogP contribution is 2.20. The highest BCUT2D eigenvalue weighted by Gasteiger charge is 2.04. The van der Waals surface area contributed by atoms with Gasteiger partial charge in [0.2, 0.25) is 5.95 Å². The zero-order valence-corrected chi connectivity index (χ0v) is 12.5. The minimum atomic E-state index is 0.621. The molecule has 2 aromatic rings. The molecule has 0 aliphatic rings. The second-order valence-electron chi connectivity index (χ2n) is 4.08. The van der Waals surface area contributed by atoms with Crippen LogP contribution in [-0.4, -0.2) is 21.5 Å². The molecule has 0 aliphatic heterocycles. The zero-order valence-electron chi connectivity index (χ0n) is 10.9. The Morgan fingerprint density at radius 1 is 1.16 bits per heavy atom. The van der Waals surface area contributed by atoms with Crippen LogP contribution in [0.1, 0.15) is 18.2 Å². The lowest BCUT2D eigenvalue weighted by molar-refractivity contribution is 1.03. The lowest BCUT2D eigenvalue weighted by Crippen LogP contribution is -2.07. The summed E-state index contributed by atoms with van der Waals surface area (Å²) in [4.78, 5) is 12.8. The first kappa shape index (κ1) is 13.7. The predicted octanol–water partition coefficient (Wildman–Crippen LogP) is 2.99. The van der Waals surface area contributed by atoms with Crippen molar-refractivity contribution in [1.82, 2.24) is 15.0 Å². The van der Waals surface area contributed by atoms with Crippen LogP contribution in [0.3, 0.4) is 0 Å². The van der Waals surface area contributed by atoms with Crippen molar-refractivity contribution in [2.45, 2.75) is 20.4 Å². The Balaban J connectivity index is 2.05. The van der Waals surface area contributed by atoms with Crippen LogP contribution in [0.15, 0.2) is 29.0 Å². The van der Waals surface area contributed by atoms with Gasteiger partial charge in [-0.1, -0.05) is 6.07 Å². The summed E-state index contributed by atoms with van der Waals surface area (Å²) >= 11 is 3.44. The van der Waals surface area contributed by atoms with Gasteiger partial charge in [-0.3, -0.25) is 4.98 Å². The molecule has 0 radical (unpaired) electrons. The average molecular weight is 322 g/mol. The van der Waals surface area contributed by atoms with Crippen LogP contribution < -0.4 is 10.6 Å². The molecule has 6 heteroatoms. The van der Waals surface area contributed by atoms with E-state index >= 15 is 0 Å². The number of aromatic nitrogens is 3. The molecular formula is C13H16BrN5. The number of pyridine rings is 1. The summed E-state index contributed by atoms with van der Waals surface area (Å²) in [7, 11) is 0. The van der Waals surface area contributed by atoms with E-state index < -0.39 is 0 Å². The lowest BCUT2D eigenvalue weighted by Gasteiger charge is -2.09. The van der Waals surface area contributed by atoms with E-state index in [1.807, 2.05) is 26.1 Å². The fourth-order valence-corrected chi connectivity index (χ4v) is 1.85. The van der Waals surface area contributed by atoms with Gasteiger partial charge in [-0.2, -0.15) is 4.98 Å². The Bertz CT molecular complexity index is 541. The van der Waals surface area contributed by atoms with Crippen molar-refractivity contribution in [3.05, 3.63) is 40.3 Å². The molecule has 19 heavy (non-hydrogen) atoms. The third-order valence-corrected chi connectivity index (χ3v) is 3.09. The molecule has 0 bridgehead atoms. The first-order chi connectivity index (χ1) is 9.19. The molecular weight excluding hydrogens is 306 g/mol. The van der Waals surface area contributed by atoms with Crippen molar-refractivity contribution in [3.8, 4) is 0 Å². The molecule has 2 rings (SSSR count). The summed E-state index contributed by atoms with van der Waals surface area (Å²) in [5.41, 5.74) is 2.13. The summed E-state index contributed by atoms with van der Waals surface area (Å²) in [5.74, 6) is 1.39. The summed E-state index contributed by atoms with van der Waals surface area (Å²) in [5, 5.41) is 6.35. The first-order valence-electron chi connectivity index (χ1n) is 6.11. The number of anilines is 2. The van der Waals surface area contributed by atoms with Gasteiger partial charge in [0.25, 0.3) is 0 Å². The topological polar surface area (TPSA) is 62.7 Å². The molecule has 0 unspecified atom stereocenters. The van der Waals surface area contributed by atoms with Crippen molar-refractivity contribution in [2.24, 2.45) is 0 Å². The third kappa shape index (κ3) is 3.89. The van der Waals surface area contributed by atoms with Gasteiger partial charge in [0.1, 0.15) is 5.82 Å². The molecule has 0 fully saturated rings. The van der Waals surface area contributed by atoms with Gasteiger partial charge < -0.3 is 10.6 Å². The van der Waals surface area contributed by atoms with E-state index in [4.69, 9.17) is 0 Å². The van der Waals surface area contributed by atoms with E-state index in [1.54, 1.807) is 6.20 Å². The van der Waals surface area contributed by atoms with E-state index in [9.17, 15) is 0 Å². The average Bonchev–Trinajstić information content (AvgIpc) is 2.41. The Labute approximate surface area is 121 Å². The van der Waals surface area contributed by atoms with E-state index in [0.29, 0.717) is 12.5 Å². The van der Waals surface area contributed by atoms with Crippen LogP contribution in [-0.2, 0) is 6.54 Å². The second kappa shape index (κ2) is 6.47. The maximum atomic E-state index is 4.39. The molecule has 0 saturated heterocycles. The van der Waals surface area contributed by atoms with Gasteiger partial charge in [-0.15, -0.1) is 0 Å². The number of aryl methyl sites for hydroxylation is 1. The maximum absolute atomic E-state index is 4.39. The fraction of sp³-hybridized carbons (Fsp3) is 0.308. The van der Waals surface area contributed by atoms with Gasteiger partial charge in [-0.25, -0.2) is 4.98 Å². The van der Waals surface area contributed by atoms with Crippen LogP contribution in [0, 0.1) is 6.92 Å². The number of hydrogen-bond acceptors (Lipinski definition) is 5. The van der Waals surface area contributed by atoms with Crippen LogP contribution in [0.4, 0.5) is 11.8 Å². The second-order valence-corrected chi connectivity index (χ2v) is 4.94. The maximum Gasteiger partial charge on any atom is 0.224 e. The quantitative estimate of drug-likeness (QED) is 0.886. The van der Waals surface area contributed by atoms with Gasteiger partial charge >= 0.3 is 0 Å². The normalized spacial score (nSPS) is 10.3. The summed E-state index contributed by atoms with van der Waals surface area (Å²) in [6, 6.07) is 4.05. The molecule has 0 saturated carbocycles. The Hall–Kier alpha value is -1.69. The van der Waals surface area contributed by atoms with Crippen molar-refractivity contribution in [3.63, 3.8) is 0 Å². The van der Waals surface area contributed by atoms with E-state index in [0.717, 1.165) is 28.1 Å². The van der Waals surface area contributed by atoms with Gasteiger partial charge in [0, 0.05) is 31.2 Å². The van der Waals surface area contributed by atoms with Crippen molar-refractivity contribution >= 4 is 27.7 Å². The monoisotopic (exact) mass is 321 g/mol. The van der Waals surface area contributed by atoms with Gasteiger partial charge in [0.15, 0.2) is 0 Å². The third-order valence-electron chi connectivity index (χ3n) is 2.51. The summed E-state index contributed by atoms with van der Waals surface area (Å²) in [6.45, 7) is 5.45. The highest BCUT2D eigenvalue weighted by molar-refractivity contribution is 9.10. The molecule has 2 N–H and O–H groups in total. The van der Waals surface area contributed by atoms with Crippen LogP contribution >= 0.6 is 15.9 Å². The van der Waals surface area contributed by atoms with Crippen LogP contribution in [0.5, 0.6) is 0 Å². The molecule has 5 nitrogen and oxygen atoms in total. The molecule has 0 spiro atoms. The van der Waals surface area contributed by atoms with Gasteiger partial charge in [-0.05, 0) is 41.4 Å². The van der Waals surface area contributed by atoms with Crippen LogP contribution in [0.25, 0.3) is 0 Å². The largest absolute Gasteiger partial charge is 0.365 e. The van der Waals surface area contributed by atoms with Gasteiger partial charge in [0.05, 0.1) is 4.47 Å². The van der Waals surface area contributed by atoms with E-state index in [1.165, 1.54) is 0 Å². The molecule has 0 aromatic carbocycles. The predicted molar refractivity (Wildman–Crippen MR) is 80.2 cm³/mol. The van der Waals surface area contributed by atoms with E-state index in [2.05, 4.69) is 47.6 Å². The van der Waals surface area contributed by atoms with Crippen molar-refractivity contribution in [2.75, 3.05) is 17.2 Å². The summed E-state index contributed by atoms with van der Waals surface area (Å²) < 4.78 is 0.842. The van der Waals surface area contributed by atoms with Crippen LogP contribution in [0.2, 0.25) is 0 Å². The SMILES string of the molecule is CCNc1ncc(Br)c(NCc2ccc(C)nc2)n1. The first-order valence-corrected chi connectivity index (χ1v) is 6.90. The standard InChI is InChI=1S/C13H16BrN5/c1-3-15-13-18-8-11(14)12(19-13)17-7-10-5-4-9(2)16-6-10/h4-6,8H,3,7H2,1-2H3,(H2,15,17,18,19). The zero-order chi connectivity index (χ0) is 13.7. The number of rotatable bonds is 5.